The average molecular weight is 305 g/mol. The molecule has 0 radical (unpaired) electrons. The third-order valence-corrected chi connectivity index (χ3v) is 5.71. The summed E-state index contributed by atoms with van der Waals surface area (Å²) in [6.07, 6.45) is 2.52. The second-order valence-corrected chi connectivity index (χ2v) is 7.12. The summed E-state index contributed by atoms with van der Waals surface area (Å²) in [7, 11) is 1.83. The number of benzene rings is 1. The number of nitrogens with zero attached hydrogens (tertiary/aromatic N) is 2. The van der Waals surface area contributed by atoms with Crippen LogP contribution in [0.4, 0.5) is 0 Å². The Labute approximate surface area is 129 Å². The molecule has 3 rings (SSSR count). The molecule has 0 saturated carbocycles. The van der Waals surface area contributed by atoms with Gasteiger partial charge in [0.25, 0.3) is 0 Å². The van der Waals surface area contributed by atoms with Crippen molar-refractivity contribution < 1.29 is 0 Å². The van der Waals surface area contributed by atoms with Crippen LogP contribution in [0.1, 0.15) is 25.3 Å². The molecule has 5 heteroatoms. The Kier molecular flexibility index (Phi) is 4.15. The van der Waals surface area contributed by atoms with E-state index in [1.807, 2.05) is 7.05 Å². The van der Waals surface area contributed by atoms with Crippen molar-refractivity contribution in [3.05, 3.63) is 33.4 Å². The number of piperidine rings is 1. The predicted molar refractivity (Wildman–Crippen MR) is 88.7 cm³/mol. The Balaban J connectivity index is 1.85. The van der Waals surface area contributed by atoms with Gasteiger partial charge in [0.05, 0.1) is 10.2 Å². The number of aromatic nitrogens is 1. The van der Waals surface area contributed by atoms with Crippen molar-refractivity contribution in [1.29, 1.82) is 0 Å². The van der Waals surface area contributed by atoms with Crippen LogP contribution in [-0.4, -0.2) is 28.6 Å². The van der Waals surface area contributed by atoms with Crippen LogP contribution >= 0.6 is 11.3 Å². The summed E-state index contributed by atoms with van der Waals surface area (Å²) in [5, 5.41) is 0. The summed E-state index contributed by atoms with van der Waals surface area (Å²) in [6.45, 7) is 5.07. The van der Waals surface area contributed by atoms with Gasteiger partial charge in [0.1, 0.15) is 0 Å². The minimum Gasteiger partial charge on any atom is -0.329 e. The van der Waals surface area contributed by atoms with Gasteiger partial charge in [-0.2, -0.15) is 0 Å². The van der Waals surface area contributed by atoms with E-state index < -0.39 is 0 Å². The second-order valence-electron chi connectivity index (χ2n) is 6.12. The zero-order valence-corrected chi connectivity index (χ0v) is 13.5. The molecule has 2 atom stereocenters. The Hall–Kier alpha value is -1.17. The predicted octanol–water partition coefficient (Wildman–Crippen LogP) is 2.16. The highest BCUT2D eigenvalue weighted by atomic mass is 32.1. The van der Waals surface area contributed by atoms with Gasteiger partial charge in [-0.25, -0.2) is 0 Å². The molecule has 1 aromatic carbocycles. The maximum Gasteiger partial charge on any atom is 0.307 e. The number of aryl methyl sites for hydroxylation is 1. The average Bonchev–Trinajstić information content (AvgIpc) is 2.74. The third-order valence-electron chi connectivity index (χ3n) is 4.71. The smallest absolute Gasteiger partial charge is 0.307 e. The van der Waals surface area contributed by atoms with E-state index in [1.54, 1.807) is 4.57 Å². The number of likely N-dealkylation sites (tertiary alicyclic amines) is 1. The summed E-state index contributed by atoms with van der Waals surface area (Å²) in [5.41, 5.74) is 8.27. The molecular formula is C16H23N3OS. The molecule has 0 spiro atoms. The molecule has 4 nitrogen and oxygen atoms in total. The Morgan fingerprint density at radius 1 is 1.43 bits per heavy atom. The largest absolute Gasteiger partial charge is 0.329 e. The maximum absolute atomic E-state index is 11.7. The number of thiazole rings is 1. The van der Waals surface area contributed by atoms with Gasteiger partial charge in [-0.15, -0.1) is 0 Å². The van der Waals surface area contributed by atoms with Crippen molar-refractivity contribution in [3.8, 4) is 0 Å². The highest BCUT2D eigenvalue weighted by Crippen LogP contribution is 2.25. The highest BCUT2D eigenvalue weighted by Gasteiger charge is 2.27. The van der Waals surface area contributed by atoms with E-state index >= 15 is 0 Å². The van der Waals surface area contributed by atoms with Crippen LogP contribution in [0.3, 0.4) is 0 Å². The van der Waals surface area contributed by atoms with Crippen molar-refractivity contribution in [3.63, 3.8) is 0 Å². The molecule has 0 aliphatic carbocycles. The lowest BCUT2D eigenvalue weighted by molar-refractivity contribution is 0.0991. The number of hydrogen-bond donors (Lipinski definition) is 1. The summed E-state index contributed by atoms with van der Waals surface area (Å²) < 4.78 is 2.80. The second kappa shape index (κ2) is 5.91. The lowest BCUT2D eigenvalue weighted by Gasteiger charge is -2.39. The first-order chi connectivity index (χ1) is 10.1. The van der Waals surface area contributed by atoms with Crippen molar-refractivity contribution >= 4 is 21.6 Å². The Bertz CT molecular complexity index is 690. The summed E-state index contributed by atoms with van der Waals surface area (Å²) >= 11 is 1.33. The summed E-state index contributed by atoms with van der Waals surface area (Å²) in [6, 6.07) is 6.84. The maximum atomic E-state index is 11.7. The van der Waals surface area contributed by atoms with E-state index in [2.05, 4.69) is 30.0 Å². The lowest BCUT2D eigenvalue weighted by atomic mass is 9.90. The van der Waals surface area contributed by atoms with Crippen molar-refractivity contribution in [1.82, 2.24) is 9.47 Å². The van der Waals surface area contributed by atoms with E-state index in [4.69, 9.17) is 5.73 Å². The van der Waals surface area contributed by atoms with Crippen molar-refractivity contribution in [2.75, 3.05) is 13.1 Å². The van der Waals surface area contributed by atoms with Gasteiger partial charge >= 0.3 is 4.87 Å². The van der Waals surface area contributed by atoms with E-state index in [0.29, 0.717) is 12.0 Å². The molecule has 1 aliphatic rings. The first-order valence-electron chi connectivity index (χ1n) is 7.62. The van der Waals surface area contributed by atoms with Crippen LogP contribution in [0.15, 0.2) is 23.0 Å². The molecule has 1 aliphatic heterocycles. The minimum atomic E-state index is 0.105. The quantitative estimate of drug-likeness (QED) is 0.945. The standard InChI is InChI=1S/C16H23N3OS/c1-11-4-3-7-19(14(11)9-17)10-12-5-6-13-15(8-12)21-16(20)18(13)2/h5-6,8,11,14H,3-4,7,9-10,17H2,1-2H3. The molecule has 2 N–H and O–H groups in total. The SMILES string of the molecule is CC1CCCN(Cc2ccc3c(c2)sc(=O)n3C)C1CN. The first kappa shape index (κ1) is 14.8. The summed E-state index contributed by atoms with van der Waals surface area (Å²) in [4.78, 5) is 14.3. The first-order valence-corrected chi connectivity index (χ1v) is 8.44. The van der Waals surface area contributed by atoms with Crippen LogP contribution in [-0.2, 0) is 13.6 Å². The van der Waals surface area contributed by atoms with E-state index in [-0.39, 0.29) is 4.87 Å². The molecule has 0 amide bonds. The number of rotatable bonds is 3. The topological polar surface area (TPSA) is 51.3 Å². The molecule has 114 valence electrons. The van der Waals surface area contributed by atoms with E-state index in [9.17, 15) is 4.79 Å². The van der Waals surface area contributed by atoms with Crippen molar-refractivity contribution in [2.24, 2.45) is 18.7 Å². The Morgan fingerprint density at radius 2 is 2.24 bits per heavy atom. The van der Waals surface area contributed by atoms with Crippen molar-refractivity contribution in [2.45, 2.75) is 32.4 Å². The molecule has 2 unspecified atom stereocenters. The van der Waals surface area contributed by atoms with Crippen LogP contribution in [0.5, 0.6) is 0 Å². The normalized spacial score (nSPS) is 23.8. The molecule has 2 heterocycles. The molecule has 21 heavy (non-hydrogen) atoms. The fourth-order valence-electron chi connectivity index (χ4n) is 3.42. The molecule has 2 aromatic rings. The number of nitrogens with two attached hydrogens (primary N) is 1. The lowest BCUT2D eigenvalue weighted by Crippen LogP contribution is -2.47. The van der Waals surface area contributed by atoms with Gasteiger partial charge < -0.3 is 10.3 Å². The number of hydrogen-bond acceptors (Lipinski definition) is 4. The van der Waals surface area contributed by atoms with Crippen LogP contribution < -0.4 is 10.6 Å². The zero-order valence-electron chi connectivity index (χ0n) is 12.7. The van der Waals surface area contributed by atoms with E-state index in [1.165, 1.54) is 29.7 Å². The highest BCUT2D eigenvalue weighted by molar-refractivity contribution is 7.16. The third kappa shape index (κ3) is 2.78. The van der Waals surface area contributed by atoms with E-state index in [0.717, 1.165) is 29.9 Å². The minimum absolute atomic E-state index is 0.105. The van der Waals surface area contributed by atoms with Gasteiger partial charge in [-0.05, 0) is 43.0 Å². The number of fused-ring (bicyclic) bond motifs is 1. The van der Waals surface area contributed by atoms with Crippen LogP contribution in [0.2, 0.25) is 0 Å². The molecular weight excluding hydrogens is 282 g/mol. The van der Waals surface area contributed by atoms with Gasteiger partial charge in [-0.1, -0.05) is 24.3 Å². The van der Waals surface area contributed by atoms with Crippen LogP contribution in [0.25, 0.3) is 10.2 Å². The van der Waals surface area contributed by atoms with Gasteiger partial charge in [-0.3, -0.25) is 9.69 Å². The molecule has 1 saturated heterocycles. The molecule has 0 bridgehead atoms. The van der Waals surface area contributed by atoms with Gasteiger partial charge in [0.2, 0.25) is 0 Å². The fraction of sp³-hybridized carbons (Fsp3) is 0.562. The molecule has 1 fully saturated rings. The Morgan fingerprint density at radius 3 is 3.00 bits per heavy atom. The summed E-state index contributed by atoms with van der Waals surface area (Å²) in [5.74, 6) is 0.667. The monoisotopic (exact) mass is 305 g/mol. The van der Waals surface area contributed by atoms with Gasteiger partial charge in [0.15, 0.2) is 0 Å². The van der Waals surface area contributed by atoms with Gasteiger partial charge in [0, 0.05) is 26.2 Å². The molecule has 1 aromatic heterocycles. The van der Waals surface area contributed by atoms with Crippen LogP contribution in [0, 0.1) is 5.92 Å². The fourth-order valence-corrected chi connectivity index (χ4v) is 4.37. The zero-order chi connectivity index (χ0) is 15.0.